The molecule has 0 radical (unpaired) electrons. The predicted octanol–water partition coefficient (Wildman–Crippen LogP) is 3.34. The summed E-state index contributed by atoms with van der Waals surface area (Å²) in [4.78, 5) is 29.8. The number of nitrogens with zero attached hydrogens (tertiary/aromatic N) is 3. The Labute approximate surface area is 175 Å². The van der Waals surface area contributed by atoms with E-state index in [2.05, 4.69) is 0 Å². The van der Waals surface area contributed by atoms with Crippen LogP contribution in [0.1, 0.15) is 29.8 Å². The van der Waals surface area contributed by atoms with Crippen molar-refractivity contribution >= 4 is 17.4 Å². The topological polar surface area (TPSA) is 43.9 Å². The number of halogens is 2. The van der Waals surface area contributed by atoms with E-state index in [1.165, 1.54) is 25.1 Å². The number of ketones is 1. The van der Waals surface area contributed by atoms with Gasteiger partial charge in [0.25, 0.3) is 0 Å². The van der Waals surface area contributed by atoms with Crippen molar-refractivity contribution in [3.05, 3.63) is 65.2 Å². The van der Waals surface area contributed by atoms with Gasteiger partial charge in [0, 0.05) is 38.3 Å². The maximum atomic E-state index is 14.4. The molecule has 7 heteroatoms. The van der Waals surface area contributed by atoms with Gasteiger partial charge in [-0.2, -0.15) is 0 Å². The van der Waals surface area contributed by atoms with Gasteiger partial charge in [-0.3, -0.25) is 14.5 Å². The molecule has 5 nitrogen and oxygen atoms in total. The number of carbonyl (C=O) groups excluding carboxylic acids is 2. The molecule has 3 rings (SSSR count). The summed E-state index contributed by atoms with van der Waals surface area (Å²) in [6, 6.07) is 10.9. The van der Waals surface area contributed by atoms with Crippen LogP contribution in [0.25, 0.3) is 0 Å². The fraction of sp³-hybridized carbons (Fsp3) is 0.391. The number of anilines is 1. The van der Waals surface area contributed by atoms with Crippen LogP contribution in [-0.4, -0.2) is 60.8 Å². The average Bonchev–Trinajstić information content (AvgIpc) is 2.73. The number of amides is 1. The molecule has 1 aliphatic rings. The Kier molecular flexibility index (Phi) is 7.15. The van der Waals surface area contributed by atoms with E-state index in [0.717, 1.165) is 5.56 Å². The van der Waals surface area contributed by atoms with Gasteiger partial charge >= 0.3 is 0 Å². The molecule has 0 aromatic heterocycles. The first kappa shape index (κ1) is 21.9. The van der Waals surface area contributed by atoms with Gasteiger partial charge in [-0.25, -0.2) is 8.78 Å². The number of hydrogen-bond acceptors (Lipinski definition) is 4. The third kappa shape index (κ3) is 5.42. The highest BCUT2D eigenvalue weighted by Crippen LogP contribution is 2.22. The number of carbonyl (C=O) groups is 2. The second-order valence-electron chi connectivity index (χ2n) is 7.52. The van der Waals surface area contributed by atoms with Crippen LogP contribution in [0.2, 0.25) is 0 Å². The standard InChI is InChI=1S/C23H27F2N3O2/c1-3-26(15-18-5-4-6-20(24)13-18)16-23(30)28-11-9-27(10-12-28)22-8-7-19(17(2)29)14-21(22)25/h4-8,13-14H,3,9-12,15-16H2,1-2H3. The summed E-state index contributed by atoms with van der Waals surface area (Å²) in [7, 11) is 0. The van der Waals surface area contributed by atoms with E-state index in [-0.39, 0.29) is 24.1 Å². The number of Topliss-reactive ketones (excluding diaryl/α,β-unsaturated/α-hetero) is 1. The molecule has 2 aromatic rings. The summed E-state index contributed by atoms with van der Waals surface area (Å²) in [5.41, 5.74) is 1.63. The molecule has 30 heavy (non-hydrogen) atoms. The van der Waals surface area contributed by atoms with Crippen LogP contribution >= 0.6 is 0 Å². The van der Waals surface area contributed by atoms with Gasteiger partial charge in [0.1, 0.15) is 11.6 Å². The zero-order chi connectivity index (χ0) is 21.7. The normalized spacial score (nSPS) is 14.3. The van der Waals surface area contributed by atoms with Gasteiger partial charge in [0.05, 0.1) is 12.2 Å². The van der Waals surface area contributed by atoms with E-state index in [1.54, 1.807) is 23.1 Å². The second-order valence-corrected chi connectivity index (χ2v) is 7.52. The molecule has 1 heterocycles. The highest BCUT2D eigenvalue weighted by molar-refractivity contribution is 5.94. The summed E-state index contributed by atoms with van der Waals surface area (Å²) in [5, 5.41) is 0. The van der Waals surface area contributed by atoms with Crippen LogP contribution in [0.15, 0.2) is 42.5 Å². The number of rotatable bonds is 7. The molecular formula is C23H27F2N3O2. The molecule has 0 N–H and O–H groups in total. The first-order chi connectivity index (χ1) is 14.4. The van der Waals surface area contributed by atoms with Crippen molar-refractivity contribution in [2.75, 3.05) is 44.2 Å². The minimum Gasteiger partial charge on any atom is -0.366 e. The summed E-state index contributed by atoms with van der Waals surface area (Å²) in [6.45, 7) is 6.88. The molecule has 0 aliphatic carbocycles. The van der Waals surface area contributed by atoms with Crippen LogP contribution in [-0.2, 0) is 11.3 Å². The first-order valence-electron chi connectivity index (χ1n) is 10.2. The largest absolute Gasteiger partial charge is 0.366 e. The SMILES string of the molecule is CCN(CC(=O)N1CCN(c2ccc(C(C)=O)cc2F)CC1)Cc1cccc(F)c1. The molecule has 0 atom stereocenters. The predicted molar refractivity (Wildman–Crippen MR) is 113 cm³/mol. The molecule has 1 saturated heterocycles. The fourth-order valence-corrected chi connectivity index (χ4v) is 3.64. The Bertz CT molecular complexity index is 911. The molecule has 0 spiro atoms. The fourth-order valence-electron chi connectivity index (χ4n) is 3.64. The maximum Gasteiger partial charge on any atom is 0.236 e. The van der Waals surface area contributed by atoms with Crippen LogP contribution in [0.4, 0.5) is 14.5 Å². The van der Waals surface area contributed by atoms with E-state index in [1.807, 2.05) is 22.8 Å². The Morgan fingerprint density at radius 2 is 1.77 bits per heavy atom. The highest BCUT2D eigenvalue weighted by atomic mass is 19.1. The summed E-state index contributed by atoms with van der Waals surface area (Å²) < 4.78 is 27.8. The van der Waals surface area contributed by atoms with E-state index in [0.29, 0.717) is 50.5 Å². The summed E-state index contributed by atoms with van der Waals surface area (Å²) >= 11 is 0. The van der Waals surface area contributed by atoms with Crippen molar-refractivity contribution in [1.82, 2.24) is 9.80 Å². The van der Waals surface area contributed by atoms with Crippen molar-refractivity contribution in [1.29, 1.82) is 0 Å². The van der Waals surface area contributed by atoms with Crippen LogP contribution in [0.5, 0.6) is 0 Å². The number of hydrogen-bond donors (Lipinski definition) is 0. The zero-order valence-electron chi connectivity index (χ0n) is 17.4. The Morgan fingerprint density at radius 1 is 1.03 bits per heavy atom. The molecular weight excluding hydrogens is 388 g/mol. The van der Waals surface area contributed by atoms with E-state index in [4.69, 9.17) is 0 Å². The maximum absolute atomic E-state index is 14.4. The lowest BCUT2D eigenvalue weighted by atomic mass is 10.1. The van der Waals surface area contributed by atoms with E-state index >= 15 is 0 Å². The number of likely N-dealkylation sites (N-methyl/N-ethyl adjacent to an activating group) is 1. The average molecular weight is 415 g/mol. The minimum absolute atomic E-state index is 0.0142. The van der Waals surface area contributed by atoms with Gasteiger partial charge in [0.2, 0.25) is 5.91 Å². The van der Waals surface area contributed by atoms with Crippen LogP contribution in [0, 0.1) is 11.6 Å². The molecule has 0 saturated carbocycles. The van der Waals surface area contributed by atoms with Gasteiger partial charge < -0.3 is 9.80 Å². The summed E-state index contributed by atoms with van der Waals surface area (Å²) in [6.07, 6.45) is 0. The van der Waals surface area contributed by atoms with Crippen LogP contribution < -0.4 is 4.90 Å². The van der Waals surface area contributed by atoms with Crippen molar-refractivity contribution in [2.24, 2.45) is 0 Å². The molecule has 160 valence electrons. The zero-order valence-corrected chi connectivity index (χ0v) is 17.4. The van der Waals surface area contributed by atoms with Gasteiger partial charge in [-0.1, -0.05) is 19.1 Å². The van der Waals surface area contributed by atoms with Crippen LogP contribution in [0.3, 0.4) is 0 Å². The van der Waals surface area contributed by atoms with Crippen molar-refractivity contribution in [2.45, 2.75) is 20.4 Å². The van der Waals surface area contributed by atoms with Gasteiger partial charge in [0.15, 0.2) is 5.78 Å². The first-order valence-corrected chi connectivity index (χ1v) is 10.2. The molecule has 1 fully saturated rings. The smallest absolute Gasteiger partial charge is 0.236 e. The van der Waals surface area contributed by atoms with E-state index < -0.39 is 5.82 Å². The van der Waals surface area contributed by atoms with Crippen molar-refractivity contribution in [3.63, 3.8) is 0 Å². The summed E-state index contributed by atoms with van der Waals surface area (Å²) in [5.74, 6) is -0.862. The molecule has 0 unspecified atom stereocenters. The third-order valence-corrected chi connectivity index (χ3v) is 5.43. The Hall–Kier alpha value is -2.80. The third-order valence-electron chi connectivity index (χ3n) is 5.43. The minimum atomic E-state index is -0.422. The lowest BCUT2D eigenvalue weighted by Crippen LogP contribution is -2.51. The van der Waals surface area contributed by atoms with Crippen molar-refractivity contribution in [3.8, 4) is 0 Å². The monoisotopic (exact) mass is 415 g/mol. The Morgan fingerprint density at radius 3 is 2.37 bits per heavy atom. The number of benzene rings is 2. The second kappa shape index (κ2) is 9.80. The lowest BCUT2D eigenvalue weighted by Gasteiger charge is -2.37. The lowest BCUT2D eigenvalue weighted by molar-refractivity contribution is -0.132. The Balaban J connectivity index is 1.55. The highest BCUT2D eigenvalue weighted by Gasteiger charge is 2.24. The van der Waals surface area contributed by atoms with Crippen molar-refractivity contribution < 1.29 is 18.4 Å². The molecule has 2 aromatic carbocycles. The molecule has 0 bridgehead atoms. The van der Waals surface area contributed by atoms with Gasteiger partial charge in [-0.05, 0) is 49.4 Å². The molecule has 1 amide bonds. The number of piperazine rings is 1. The molecule has 1 aliphatic heterocycles. The quantitative estimate of drug-likeness (QED) is 0.651. The van der Waals surface area contributed by atoms with E-state index in [9.17, 15) is 18.4 Å². The van der Waals surface area contributed by atoms with Gasteiger partial charge in [-0.15, -0.1) is 0 Å².